The van der Waals surface area contributed by atoms with Gasteiger partial charge >= 0.3 is 6.18 Å². The quantitative estimate of drug-likeness (QED) is 0.262. The van der Waals surface area contributed by atoms with E-state index in [2.05, 4.69) is 23.7 Å². The first-order valence-corrected chi connectivity index (χ1v) is 15.0. The van der Waals surface area contributed by atoms with Crippen LogP contribution in [0.3, 0.4) is 0 Å². The normalized spacial score (nSPS) is 13.6. The van der Waals surface area contributed by atoms with E-state index < -0.39 is 11.7 Å². The number of hydrogen-bond acceptors (Lipinski definition) is 5. The predicted octanol–water partition coefficient (Wildman–Crippen LogP) is 8.62. The average Bonchev–Trinajstić information content (AvgIpc) is 3.34. The van der Waals surface area contributed by atoms with Crippen LogP contribution in [0.5, 0.6) is 0 Å². The number of likely N-dealkylation sites (N-methyl/N-ethyl adjacent to an activating group) is 1. The first-order valence-electron chi connectivity index (χ1n) is 14.1. The number of rotatable bonds is 11. The van der Waals surface area contributed by atoms with Crippen molar-refractivity contribution in [1.29, 1.82) is 0 Å². The Kier molecular flexibility index (Phi) is 13.5. The molecule has 2 aromatic rings. The van der Waals surface area contributed by atoms with Gasteiger partial charge in [-0.05, 0) is 75.2 Å². The smallest absolute Gasteiger partial charge is 0.322 e. The molecule has 228 valence electrons. The van der Waals surface area contributed by atoms with Crippen LogP contribution in [0.2, 0.25) is 0 Å². The molecular formula is C33H42F3N3O2S. The second-order valence-corrected chi connectivity index (χ2v) is 11.2. The molecule has 1 aromatic heterocycles. The maximum absolute atomic E-state index is 12.8. The number of Topliss-reactive ketones (excluding diaryl/α,β-unsaturated/α-hetero) is 1. The van der Waals surface area contributed by atoms with E-state index in [-0.39, 0.29) is 17.4 Å². The molecule has 0 saturated heterocycles. The lowest BCUT2D eigenvalue weighted by Crippen LogP contribution is -2.24. The van der Waals surface area contributed by atoms with Crippen molar-refractivity contribution in [3.63, 3.8) is 0 Å². The van der Waals surface area contributed by atoms with Crippen molar-refractivity contribution >= 4 is 28.7 Å². The summed E-state index contributed by atoms with van der Waals surface area (Å²) in [6.07, 6.45) is 8.00. The van der Waals surface area contributed by atoms with Gasteiger partial charge in [0, 0.05) is 41.3 Å². The highest BCUT2D eigenvalue weighted by atomic mass is 32.1. The van der Waals surface area contributed by atoms with E-state index in [1.807, 2.05) is 57.3 Å². The summed E-state index contributed by atoms with van der Waals surface area (Å²) in [5.74, 6) is -0.287. The third-order valence-corrected chi connectivity index (χ3v) is 7.56. The van der Waals surface area contributed by atoms with Gasteiger partial charge in [-0.25, -0.2) is 0 Å². The largest absolute Gasteiger partial charge is 0.416 e. The lowest BCUT2D eigenvalue weighted by Gasteiger charge is -2.27. The topological polar surface area (TPSA) is 52.7 Å². The van der Waals surface area contributed by atoms with E-state index in [9.17, 15) is 22.8 Å². The van der Waals surface area contributed by atoms with Gasteiger partial charge in [-0.3, -0.25) is 9.59 Å². The SMILES string of the molecule is C=C1C=CC(CN(C)C)=CN1/C(=C\CC)C(C)=O.CCCCc1c(C(=O)Nc2cccc(C(F)(F)F)c2)csc1CC. The summed E-state index contributed by atoms with van der Waals surface area (Å²) in [5, 5.41) is 4.39. The zero-order valence-electron chi connectivity index (χ0n) is 25.4. The molecule has 0 saturated carbocycles. The molecule has 0 unspecified atom stereocenters. The highest BCUT2D eigenvalue weighted by molar-refractivity contribution is 7.10. The van der Waals surface area contributed by atoms with Crippen LogP contribution < -0.4 is 5.32 Å². The molecule has 0 atom stereocenters. The Morgan fingerprint density at radius 2 is 1.86 bits per heavy atom. The molecule has 2 heterocycles. The Morgan fingerprint density at radius 1 is 1.14 bits per heavy atom. The van der Waals surface area contributed by atoms with Gasteiger partial charge in [-0.15, -0.1) is 11.3 Å². The molecule has 1 aliphatic rings. The lowest BCUT2D eigenvalue weighted by molar-refractivity contribution is -0.137. The van der Waals surface area contributed by atoms with Crippen LogP contribution in [0.4, 0.5) is 18.9 Å². The number of anilines is 1. The summed E-state index contributed by atoms with van der Waals surface area (Å²) < 4.78 is 38.3. The first-order chi connectivity index (χ1) is 19.8. The molecule has 0 fully saturated rings. The number of thiophene rings is 1. The van der Waals surface area contributed by atoms with Gasteiger partial charge in [0.05, 0.1) is 16.8 Å². The van der Waals surface area contributed by atoms with Crippen molar-refractivity contribution in [2.24, 2.45) is 0 Å². The second kappa shape index (κ2) is 16.3. The van der Waals surface area contributed by atoms with Gasteiger partial charge in [0.1, 0.15) is 0 Å². The molecule has 1 aromatic carbocycles. The third kappa shape index (κ3) is 10.1. The van der Waals surface area contributed by atoms with Crippen LogP contribution >= 0.6 is 11.3 Å². The van der Waals surface area contributed by atoms with E-state index >= 15 is 0 Å². The van der Waals surface area contributed by atoms with Gasteiger partial charge in [-0.2, -0.15) is 13.2 Å². The van der Waals surface area contributed by atoms with Crippen molar-refractivity contribution in [3.05, 3.63) is 99.2 Å². The van der Waals surface area contributed by atoms with E-state index in [1.165, 1.54) is 23.5 Å². The van der Waals surface area contributed by atoms with Crippen molar-refractivity contribution < 1.29 is 22.8 Å². The Labute approximate surface area is 252 Å². The predicted molar refractivity (Wildman–Crippen MR) is 168 cm³/mol. The van der Waals surface area contributed by atoms with Crippen LogP contribution in [-0.4, -0.2) is 42.1 Å². The zero-order chi connectivity index (χ0) is 31.4. The molecule has 1 aliphatic heterocycles. The molecule has 0 bridgehead atoms. The number of allylic oxidation sites excluding steroid dienone is 3. The molecule has 5 nitrogen and oxygen atoms in total. The third-order valence-electron chi connectivity index (χ3n) is 6.39. The summed E-state index contributed by atoms with van der Waals surface area (Å²) in [6.45, 7) is 12.6. The fourth-order valence-corrected chi connectivity index (χ4v) is 5.40. The van der Waals surface area contributed by atoms with Crippen molar-refractivity contribution in [2.45, 2.75) is 66.0 Å². The maximum atomic E-state index is 12.8. The first kappa shape index (κ1) is 34.8. The minimum atomic E-state index is -4.43. The highest BCUT2D eigenvalue weighted by Gasteiger charge is 2.30. The van der Waals surface area contributed by atoms with E-state index in [4.69, 9.17) is 0 Å². The number of benzene rings is 1. The minimum Gasteiger partial charge on any atom is -0.322 e. The van der Waals surface area contributed by atoms with Crippen LogP contribution in [-0.2, 0) is 23.8 Å². The van der Waals surface area contributed by atoms with E-state index in [0.29, 0.717) is 11.3 Å². The fraction of sp³-hybridized carbons (Fsp3) is 0.394. The number of ketones is 1. The number of unbranched alkanes of at least 4 members (excludes halogenated alkanes) is 1. The van der Waals surface area contributed by atoms with Crippen molar-refractivity contribution in [1.82, 2.24) is 9.80 Å². The summed E-state index contributed by atoms with van der Waals surface area (Å²) in [6, 6.07) is 4.70. The van der Waals surface area contributed by atoms with Crippen molar-refractivity contribution in [3.8, 4) is 0 Å². The second-order valence-electron chi connectivity index (χ2n) is 10.2. The minimum absolute atomic E-state index is 0.0637. The molecule has 0 radical (unpaired) electrons. The molecule has 1 N–H and O–H groups in total. The number of amides is 1. The van der Waals surface area contributed by atoms with Crippen LogP contribution in [0.15, 0.2) is 77.6 Å². The van der Waals surface area contributed by atoms with Gasteiger partial charge in [0.25, 0.3) is 5.91 Å². The van der Waals surface area contributed by atoms with Crippen LogP contribution in [0.25, 0.3) is 0 Å². The summed E-state index contributed by atoms with van der Waals surface area (Å²) >= 11 is 1.53. The number of nitrogens with zero attached hydrogens (tertiary/aromatic N) is 2. The molecule has 0 spiro atoms. The zero-order valence-corrected chi connectivity index (χ0v) is 26.2. The number of aryl methyl sites for hydroxylation is 1. The summed E-state index contributed by atoms with van der Waals surface area (Å²) in [5.41, 5.74) is 3.66. The molecule has 1 amide bonds. The standard InChI is InChI=1S/C18H20F3NOS.C15H22N2O/c1-3-5-9-14-15(11-24-16(14)4-2)17(23)22-13-8-6-7-12(10-13)18(19,20)21;1-6-7-15(13(3)18)17-11-14(10-16(4)5)9-8-12(17)2/h6-8,10-11H,3-5,9H2,1-2H3,(H,22,23);7-9,11H,2,6,10H2,1,3-5H3/b;15-7-. The number of hydrogen-bond donors (Lipinski definition) is 1. The molecule has 9 heteroatoms. The monoisotopic (exact) mass is 601 g/mol. The number of nitrogens with one attached hydrogen (secondary N) is 1. The summed E-state index contributed by atoms with van der Waals surface area (Å²) in [7, 11) is 4.05. The van der Waals surface area contributed by atoms with Gasteiger partial charge < -0.3 is 15.1 Å². The fourth-order valence-electron chi connectivity index (χ4n) is 4.37. The van der Waals surface area contributed by atoms with Crippen molar-refractivity contribution in [2.75, 3.05) is 26.0 Å². The van der Waals surface area contributed by atoms with Crippen LogP contribution in [0.1, 0.15) is 73.3 Å². The maximum Gasteiger partial charge on any atom is 0.416 e. The Morgan fingerprint density at radius 3 is 2.43 bits per heavy atom. The molecule has 0 aliphatic carbocycles. The Hall–Kier alpha value is -3.43. The number of carbonyl (C=O) groups is 2. The highest BCUT2D eigenvalue weighted by Crippen LogP contribution is 2.31. The van der Waals surface area contributed by atoms with Gasteiger partial charge in [0.15, 0.2) is 5.78 Å². The number of halogens is 3. The molecular weight excluding hydrogens is 559 g/mol. The van der Waals surface area contributed by atoms with Gasteiger partial charge in [0.2, 0.25) is 0 Å². The average molecular weight is 602 g/mol. The number of alkyl halides is 3. The van der Waals surface area contributed by atoms with Gasteiger partial charge in [-0.1, -0.05) is 52.0 Å². The lowest BCUT2D eigenvalue weighted by atomic mass is 10.0. The van der Waals surface area contributed by atoms with Crippen LogP contribution in [0, 0.1) is 0 Å². The van der Waals surface area contributed by atoms with E-state index in [1.54, 1.807) is 12.3 Å². The Balaban J connectivity index is 0.000000307. The molecule has 42 heavy (non-hydrogen) atoms. The number of carbonyl (C=O) groups excluding carboxylic acids is 2. The summed E-state index contributed by atoms with van der Waals surface area (Å²) in [4.78, 5) is 29.3. The van der Waals surface area contributed by atoms with E-state index in [0.717, 1.165) is 72.5 Å². The molecule has 3 rings (SSSR count). The Bertz CT molecular complexity index is 1340.